The average molecular weight is 414 g/mol. The van der Waals surface area contributed by atoms with E-state index in [1.807, 2.05) is 0 Å². The normalized spacial score (nSPS) is 12.3. The smallest absolute Gasteiger partial charge is 0.294 e. The molecule has 0 radical (unpaired) electrons. The molecule has 0 aliphatic heterocycles. The van der Waals surface area contributed by atoms with Crippen molar-refractivity contribution in [3.63, 3.8) is 0 Å². The number of thioether (sulfide) groups is 1. The van der Waals surface area contributed by atoms with Gasteiger partial charge in [-0.05, 0) is 42.7 Å². The van der Waals surface area contributed by atoms with Gasteiger partial charge in [0.1, 0.15) is 16.2 Å². The van der Waals surface area contributed by atoms with Crippen LogP contribution in [0.15, 0.2) is 61.9 Å². The molecule has 0 amide bonds. The van der Waals surface area contributed by atoms with Crippen LogP contribution >= 0.6 is 34.7 Å². The summed E-state index contributed by atoms with van der Waals surface area (Å²) in [7, 11) is -3.83. The highest BCUT2D eigenvalue weighted by Gasteiger charge is 2.18. The Morgan fingerprint density at radius 2 is 2.00 bits per heavy atom. The largest absolute Gasteiger partial charge is 0.364 e. The van der Waals surface area contributed by atoms with Gasteiger partial charge in [0.15, 0.2) is 5.17 Å². The molecule has 2 aromatic heterocycles. The highest BCUT2D eigenvalue weighted by atomic mass is 35.5. The van der Waals surface area contributed by atoms with Crippen LogP contribution in [0.4, 0.5) is 5.69 Å². The predicted octanol–water partition coefficient (Wildman–Crippen LogP) is 4.58. The number of thiophene rings is 1. The molecule has 0 unspecified atom stereocenters. The lowest BCUT2D eigenvalue weighted by Gasteiger charge is -2.07. The van der Waals surface area contributed by atoms with Crippen molar-refractivity contribution in [1.82, 2.24) is 5.16 Å². The van der Waals surface area contributed by atoms with Crippen molar-refractivity contribution in [3.05, 3.63) is 53.8 Å². The van der Waals surface area contributed by atoms with E-state index in [0.717, 1.165) is 11.3 Å². The lowest BCUT2D eigenvalue weighted by Crippen LogP contribution is -2.10. The molecular formula is C15H12ClN3O3S3. The molecule has 0 spiro atoms. The summed E-state index contributed by atoms with van der Waals surface area (Å²) in [5.41, 5.74) is 1.28. The molecule has 25 heavy (non-hydrogen) atoms. The Hall–Kier alpha value is -1.81. The van der Waals surface area contributed by atoms with E-state index in [-0.39, 0.29) is 9.38 Å². The maximum Gasteiger partial charge on any atom is 0.294 e. The third-order valence-electron chi connectivity index (χ3n) is 3.02. The molecule has 0 atom stereocenters. The van der Waals surface area contributed by atoms with E-state index in [0.29, 0.717) is 21.3 Å². The van der Waals surface area contributed by atoms with Gasteiger partial charge in [-0.1, -0.05) is 28.5 Å². The van der Waals surface area contributed by atoms with Crippen molar-refractivity contribution in [2.75, 3.05) is 11.6 Å². The van der Waals surface area contributed by atoms with Gasteiger partial charge in [-0.2, -0.15) is 8.42 Å². The summed E-state index contributed by atoms with van der Waals surface area (Å²) >= 11 is 8.13. The number of nitrogens with zero attached hydrogens (tertiary/aromatic N) is 2. The highest BCUT2D eigenvalue weighted by Crippen LogP contribution is 2.31. The van der Waals surface area contributed by atoms with Crippen LogP contribution in [0.5, 0.6) is 0 Å². The Morgan fingerprint density at radius 3 is 2.64 bits per heavy atom. The SMILES string of the molecule is CS/C(=N\S(=O)(=O)c1ccc(-c2ccon2)s1)Nc1ccc(Cl)cc1. The number of hydrogen-bond acceptors (Lipinski definition) is 6. The third-order valence-corrected chi connectivity index (χ3v) is 6.82. The summed E-state index contributed by atoms with van der Waals surface area (Å²) in [6, 6.07) is 11.8. The zero-order chi connectivity index (χ0) is 17.9. The first kappa shape index (κ1) is 18.0. The number of halogens is 1. The maximum absolute atomic E-state index is 12.5. The fraction of sp³-hybridized carbons (Fsp3) is 0.0667. The molecule has 3 rings (SSSR count). The van der Waals surface area contributed by atoms with Crippen LogP contribution in [0.2, 0.25) is 5.02 Å². The number of sulfonamides is 1. The maximum atomic E-state index is 12.5. The molecular weight excluding hydrogens is 402 g/mol. The van der Waals surface area contributed by atoms with E-state index in [2.05, 4.69) is 14.9 Å². The minimum absolute atomic E-state index is 0.134. The summed E-state index contributed by atoms with van der Waals surface area (Å²) in [5.74, 6) is 0. The number of amidine groups is 1. The topological polar surface area (TPSA) is 84.6 Å². The minimum atomic E-state index is -3.83. The average Bonchev–Trinajstić information content (AvgIpc) is 3.27. The zero-order valence-electron chi connectivity index (χ0n) is 12.8. The van der Waals surface area contributed by atoms with Crippen LogP contribution in [0.3, 0.4) is 0 Å². The molecule has 0 saturated heterocycles. The van der Waals surface area contributed by atoms with Gasteiger partial charge in [-0.25, -0.2) is 0 Å². The monoisotopic (exact) mass is 413 g/mol. The molecule has 6 nitrogen and oxygen atoms in total. The summed E-state index contributed by atoms with van der Waals surface area (Å²) in [4.78, 5) is 0.693. The summed E-state index contributed by atoms with van der Waals surface area (Å²) < 4.78 is 33.9. The van der Waals surface area contributed by atoms with E-state index in [1.54, 1.807) is 42.7 Å². The van der Waals surface area contributed by atoms with Crippen molar-refractivity contribution >= 4 is 55.6 Å². The first-order valence-corrected chi connectivity index (χ1v) is 10.8. The molecule has 3 aromatic rings. The van der Waals surface area contributed by atoms with Gasteiger partial charge in [-0.15, -0.1) is 15.7 Å². The Labute approximate surface area is 158 Å². The first-order valence-electron chi connectivity index (χ1n) is 6.90. The van der Waals surface area contributed by atoms with Gasteiger partial charge in [0.05, 0.1) is 4.88 Å². The van der Waals surface area contributed by atoms with Crippen molar-refractivity contribution in [1.29, 1.82) is 0 Å². The fourth-order valence-electron chi connectivity index (χ4n) is 1.86. The molecule has 0 aliphatic carbocycles. The summed E-state index contributed by atoms with van der Waals surface area (Å²) in [6.07, 6.45) is 3.18. The van der Waals surface area contributed by atoms with Crippen LogP contribution in [0.25, 0.3) is 10.6 Å². The number of benzene rings is 1. The summed E-state index contributed by atoms with van der Waals surface area (Å²) in [5, 5.41) is 7.63. The van der Waals surface area contributed by atoms with E-state index in [9.17, 15) is 8.42 Å². The number of rotatable bonds is 4. The van der Waals surface area contributed by atoms with Crippen molar-refractivity contribution in [3.8, 4) is 10.6 Å². The van der Waals surface area contributed by atoms with E-state index < -0.39 is 10.0 Å². The molecule has 130 valence electrons. The van der Waals surface area contributed by atoms with Gasteiger partial charge in [0.2, 0.25) is 0 Å². The van der Waals surface area contributed by atoms with E-state index >= 15 is 0 Å². The van der Waals surface area contributed by atoms with Gasteiger partial charge in [0, 0.05) is 16.8 Å². The Morgan fingerprint density at radius 1 is 1.24 bits per heavy atom. The predicted molar refractivity (Wildman–Crippen MR) is 103 cm³/mol. The van der Waals surface area contributed by atoms with Crippen LogP contribution in [0, 0.1) is 0 Å². The zero-order valence-corrected chi connectivity index (χ0v) is 16.0. The molecule has 10 heteroatoms. The minimum Gasteiger partial charge on any atom is -0.364 e. The second kappa shape index (κ2) is 7.61. The number of hydrogen-bond donors (Lipinski definition) is 1. The van der Waals surface area contributed by atoms with E-state index in [4.69, 9.17) is 16.1 Å². The van der Waals surface area contributed by atoms with Gasteiger partial charge in [0.25, 0.3) is 10.0 Å². The van der Waals surface area contributed by atoms with Crippen LogP contribution in [-0.2, 0) is 10.0 Å². The lowest BCUT2D eigenvalue weighted by atomic mass is 10.3. The van der Waals surface area contributed by atoms with Crippen molar-refractivity contribution in [2.45, 2.75) is 4.21 Å². The molecule has 2 heterocycles. The molecule has 1 N–H and O–H groups in total. The molecule has 0 bridgehead atoms. The molecule has 0 aliphatic rings. The highest BCUT2D eigenvalue weighted by molar-refractivity contribution is 8.14. The Balaban J connectivity index is 1.85. The first-order chi connectivity index (χ1) is 12.0. The third kappa shape index (κ3) is 4.43. The molecule has 1 aromatic carbocycles. The number of nitrogens with one attached hydrogen (secondary N) is 1. The van der Waals surface area contributed by atoms with Crippen LogP contribution in [0.1, 0.15) is 0 Å². The van der Waals surface area contributed by atoms with Gasteiger partial charge >= 0.3 is 0 Å². The van der Waals surface area contributed by atoms with Crippen molar-refractivity contribution < 1.29 is 12.9 Å². The quantitative estimate of drug-likeness (QED) is 0.498. The van der Waals surface area contributed by atoms with Crippen molar-refractivity contribution in [2.24, 2.45) is 4.40 Å². The lowest BCUT2D eigenvalue weighted by molar-refractivity contribution is 0.422. The fourth-order valence-corrected chi connectivity index (χ4v) is 4.89. The van der Waals surface area contributed by atoms with Crippen LogP contribution < -0.4 is 5.32 Å². The van der Waals surface area contributed by atoms with E-state index in [1.165, 1.54) is 24.1 Å². The second-order valence-electron chi connectivity index (χ2n) is 4.71. The summed E-state index contributed by atoms with van der Waals surface area (Å²) in [6.45, 7) is 0. The second-order valence-corrected chi connectivity index (χ2v) is 8.86. The Kier molecular flexibility index (Phi) is 5.48. The van der Waals surface area contributed by atoms with Gasteiger partial charge < -0.3 is 9.84 Å². The van der Waals surface area contributed by atoms with Gasteiger partial charge in [-0.3, -0.25) is 0 Å². The Bertz CT molecular complexity index is 981. The number of anilines is 1. The molecule has 0 saturated carbocycles. The molecule has 0 fully saturated rings. The number of aromatic nitrogens is 1. The van der Waals surface area contributed by atoms with Crippen LogP contribution in [-0.4, -0.2) is 25.0 Å². The standard InChI is InChI=1S/C15H12ClN3O3S3/c1-23-15(17-11-4-2-10(16)3-5-11)19-25(20,21)14-7-6-13(24-14)12-8-9-22-18-12/h2-9H,1H3,(H,17,19).